The second-order valence-electron chi connectivity index (χ2n) is 2.44. The van der Waals surface area contributed by atoms with Gasteiger partial charge < -0.3 is 15.6 Å². The van der Waals surface area contributed by atoms with Gasteiger partial charge in [0.05, 0.1) is 6.61 Å². The van der Waals surface area contributed by atoms with Gasteiger partial charge in [-0.05, 0) is 6.42 Å². The first kappa shape index (κ1) is 11.7. The van der Waals surface area contributed by atoms with Gasteiger partial charge in [0.1, 0.15) is 0 Å². The number of nitrogens with two attached hydrogens (primary N) is 1. The monoisotopic (exact) mass is 190 g/mol. The van der Waals surface area contributed by atoms with Gasteiger partial charge in [-0.2, -0.15) is 0 Å². The molecule has 2 amide bonds. The van der Waals surface area contributed by atoms with Crippen LogP contribution in [0.3, 0.4) is 0 Å². The zero-order valence-electron chi connectivity index (χ0n) is 7.45. The Morgan fingerprint density at radius 1 is 1.62 bits per heavy atom. The van der Waals surface area contributed by atoms with E-state index in [9.17, 15) is 9.59 Å². The molecular weight excluding hydrogens is 176 g/mol. The molecule has 0 aliphatic rings. The maximum atomic E-state index is 10.7. The van der Waals surface area contributed by atoms with E-state index < -0.39 is 18.2 Å². The highest BCUT2D eigenvalue weighted by Gasteiger charge is 2.14. The maximum Gasteiger partial charge on any atom is 0.409 e. The summed E-state index contributed by atoms with van der Waals surface area (Å²) in [6, 6.07) is 0. The summed E-state index contributed by atoms with van der Waals surface area (Å²) in [4.78, 5) is 21.0. The van der Waals surface area contributed by atoms with Crippen LogP contribution in [0.5, 0.6) is 0 Å². The lowest BCUT2D eigenvalue weighted by Gasteiger charge is -2.09. The predicted octanol–water partition coefficient (Wildman–Crippen LogP) is -0.684. The summed E-state index contributed by atoms with van der Waals surface area (Å²) in [5.41, 5.74) is 4.68. The van der Waals surface area contributed by atoms with Crippen LogP contribution in [0.15, 0.2) is 0 Å². The molecular formula is C7H14N2O4. The summed E-state index contributed by atoms with van der Waals surface area (Å²) >= 11 is 0. The first-order valence-electron chi connectivity index (χ1n) is 3.98. The van der Waals surface area contributed by atoms with Gasteiger partial charge in [0.2, 0.25) is 6.23 Å². The summed E-state index contributed by atoms with van der Waals surface area (Å²) in [6.07, 6.45) is -0.903. The molecule has 0 aromatic carbocycles. The van der Waals surface area contributed by atoms with E-state index in [4.69, 9.17) is 5.11 Å². The lowest BCUT2D eigenvalue weighted by atomic mass is 10.4. The van der Waals surface area contributed by atoms with Gasteiger partial charge in [-0.3, -0.25) is 10.1 Å². The predicted molar refractivity (Wildman–Crippen MR) is 44.6 cm³/mol. The second-order valence-corrected chi connectivity index (χ2v) is 2.44. The minimum atomic E-state index is -1.69. The van der Waals surface area contributed by atoms with Gasteiger partial charge in [-0.25, -0.2) is 4.79 Å². The summed E-state index contributed by atoms with van der Waals surface area (Å²) in [6.45, 7) is 2.20. The molecule has 0 heterocycles. The van der Waals surface area contributed by atoms with Gasteiger partial charge in [0, 0.05) is 0 Å². The number of rotatable bonds is 5. The molecule has 0 saturated heterocycles. The van der Waals surface area contributed by atoms with Crippen molar-refractivity contribution in [2.45, 2.75) is 26.0 Å². The average molecular weight is 190 g/mol. The third-order valence-corrected chi connectivity index (χ3v) is 1.26. The van der Waals surface area contributed by atoms with Crippen molar-refractivity contribution in [1.29, 1.82) is 0 Å². The fourth-order valence-corrected chi connectivity index (χ4v) is 0.534. The topological polar surface area (TPSA) is 102 Å². The Morgan fingerprint density at radius 2 is 2.23 bits per heavy atom. The number of amides is 2. The molecule has 0 aromatic heterocycles. The molecule has 0 saturated carbocycles. The number of aliphatic hydroxyl groups is 1. The highest BCUT2D eigenvalue weighted by molar-refractivity contribution is 5.82. The van der Waals surface area contributed by atoms with E-state index in [1.165, 1.54) is 0 Å². The molecule has 6 heteroatoms. The Hall–Kier alpha value is -1.30. The smallest absolute Gasteiger partial charge is 0.409 e. The fourth-order valence-electron chi connectivity index (χ4n) is 0.534. The molecule has 1 atom stereocenters. The molecule has 0 aliphatic carbocycles. The number of hydrogen-bond acceptors (Lipinski definition) is 4. The summed E-state index contributed by atoms with van der Waals surface area (Å²) in [7, 11) is 0. The molecule has 6 nitrogen and oxygen atoms in total. The van der Waals surface area contributed by atoms with Gasteiger partial charge in [0.25, 0.3) is 5.91 Å². The minimum Gasteiger partial charge on any atom is -0.450 e. The van der Waals surface area contributed by atoms with Crippen LogP contribution in [-0.2, 0) is 9.53 Å². The van der Waals surface area contributed by atoms with Crippen LogP contribution in [-0.4, -0.2) is 29.9 Å². The highest BCUT2D eigenvalue weighted by Crippen LogP contribution is 1.88. The van der Waals surface area contributed by atoms with Crippen molar-refractivity contribution in [3.8, 4) is 0 Å². The second kappa shape index (κ2) is 6.24. The molecule has 0 radical (unpaired) electrons. The van der Waals surface area contributed by atoms with Crippen LogP contribution in [0.4, 0.5) is 4.79 Å². The van der Waals surface area contributed by atoms with Crippen LogP contribution in [0, 0.1) is 0 Å². The number of carbonyl (C=O) groups is 2. The summed E-state index contributed by atoms with van der Waals surface area (Å²) < 4.78 is 4.59. The Morgan fingerprint density at radius 3 is 2.69 bits per heavy atom. The number of hydrogen-bond donors (Lipinski definition) is 3. The molecule has 0 spiro atoms. The molecule has 0 bridgehead atoms. The zero-order chi connectivity index (χ0) is 10.3. The first-order valence-corrected chi connectivity index (χ1v) is 3.98. The van der Waals surface area contributed by atoms with E-state index in [0.29, 0.717) is 0 Å². The van der Waals surface area contributed by atoms with Gasteiger partial charge in [-0.1, -0.05) is 13.3 Å². The molecule has 1 unspecified atom stereocenters. The van der Waals surface area contributed by atoms with Crippen molar-refractivity contribution in [2.24, 2.45) is 5.73 Å². The molecule has 0 aromatic rings. The number of primary amides is 1. The lowest BCUT2D eigenvalue weighted by molar-refractivity contribution is -0.127. The van der Waals surface area contributed by atoms with E-state index in [-0.39, 0.29) is 6.61 Å². The van der Waals surface area contributed by atoms with Crippen molar-refractivity contribution in [3.63, 3.8) is 0 Å². The summed E-state index contributed by atoms with van der Waals surface area (Å²) in [5.74, 6) is -1.02. The Kier molecular flexibility index (Phi) is 5.62. The van der Waals surface area contributed by atoms with E-state index >= 15 is 0 Å². The standard InChI is InChI=1S/C7H14N2O4/c1-2-3-4-13-7(12)9-6(11)5(8)10/h6,11H,2-4H2,1H3,(H2,8,10)(H,9,12). The van der Waals surface area contributed by atoms with Gasteiger partial charge in [0.15, 0.2) is 0 Å². The van der Waals surface area contributed by atoms with Crippen LogP contribution in [0.1, 0.15) is 19.8 Å². The average Bonchev–Trinajstić information content (AvgIpc) is 2.04. The van der Waals surface area contributed by atoms with Crippen LogP contribution < -0.4 is 11.1 Å². The van der Waals surface area contributed by atoms with Crippen molar-refractivity contribution in [3.05, 3.63) is 0 Å². The lowest BCUT2D eigenvalue weighted by Crippen LogP contribution is -2.44. The van der Waals surface area contributed by atoms with E-state index in [1.807, 2.05) is 12.2 Å². The number of alkyl carbamates (subject to hydrolysis) is 1. The maximum absolute atomic E-state index is 10.7. The zero-order valence-corrected chi connectivity index (χ0v) is 7.45. The summed E-state index contributed by atoms with van der Waals surface area (Å²) in [5, 5.41) is 10.6. The van der Waals surface area contributed by atoms with Crippen LogP contribution in [0.25, 0.3) is 0 Å². The molecule has 0 fully saturated rings. The number of nitrogens with one attached hydrogen (secondary N) is 1. The number of aliphatic hydroxyl groups excluding tert-OH is 1. The van der Waals surface area contributed by atoms with E-state index in [2.05, 4.69) is 10.5 Å². The van der Waals surface area contributed by atoms with Crippen LogP contribution in [0.2, 0.25) is 0 Å². The third kappa shape index (κ3) is 5.92. The number of unbranched alkanes of at least 4 members (excludes halogenated alkanes) is 1. The number of carbonyl (C=O) groups excluding carboxylic acids is 2. The SMILES string of the molecule is CCCCOC(=O)NC(O)C(N)=O. The molecule has 76 valence electrons. The molecule has 0 aliphatic heterocycles. The van der Waals surface area contributed by atoms with Crippen molar-refractivity contribution < 1.29 is 19.4 Å². The minimum absolute atomic E-state index is 0.258. The normalized spacial score (nSPS) is 11.8. The van der Waals surface area contributed by atoms with E-state index in [1.54, 1.807) is 0 Å². The van der Waals surface area contributed by atoms with Gasteiger partial charge >= 0.3 is 6.09 Å². The Balaban J connectivity index is 3.56. The molecule has 0 rings (SSSR count). The molecule has 13 heavy (non-hydrogen) atoms. The number of ether oxygens (including phenoxy) is 1. The van der Waals surface area contributed by atoms with Crippen molar-refractivity contribution in [1.82, 2.24) is 5.32 Å². The van der Waals surface area contributed by atoms with Crippen LogP contribution >= 0.6 is 0 Å². The first-order chi connectivity index (χ1) is 6.07. The fraction of sp³-hybridized carbons (Fsp3) is 0.714. The van der Waals surface area contributed by atoms with E-state index in [0.717, 1.165) is 12.8 Å². The Labute approximate surface area is 76.0 Å². The quantitative estimate of drug-likeness (QED) is 0.394. The van der Waals surface area contributed by atoms with Crippen molar-refractivity contribution in [2.75, 3.05) is 6.61 Å². The largest absolute Gasteiger partial charge is 0.450 e. The Bertz CT molecular complexity index is 183. The van der Waals surface area contributed by atoms with Gasteiger partial charge in [-0.15, -0.1) is 0 Å². The molecule has 4 N–H and O–H groups in total. The van der Waals surface area contributed by atoms with Crippen molar-refractivity contribution >= 4 is 12.0 Å². The third-order valence-electron chi connectivity index (χ3n) is 1.26. The highest BCUT2D eigenvalue weighted by atomic mass is 16.6.